The maximum atomic E-state index is 11.7. The third kappa shape index (κ3) is 8.34. The molecule has 2 unspecified atom stereocenters. The lowest BCUT2D eigenvalue weighted by molar-refractivity contribution is -0.153. The molecule has 2 atom stereocenters. The lowest BCUT2D eigenvalue weighted by Gasteiger charge is -2.15. The van der Waals surface area contributed by atoms with Gasteiger partial charge in [-0.3, -0.25) is 9.59 Å². The molecule has 0 aromatic heterocycles. The van der Waals surface area contributed by atoms with Gasteiger partial charge < -0.3 is 4.74 Å². The first-order valence-electron chi connectivity index (χ1n) is 9.60. The van der Waals surface area contributed by atoms with Gasteiger partial charge in [0.25, 0.3) is 0 Å². The van der Waals surface area contributed by atoms with Crippen LogP contribution in [0.3, 0.4) is 0 Å². The smallest absolute Gasteiger partial charge is 0.317 e. The van der Waals surface area contributed by atoms with Crippen molar-refractivity contribution in [2.24, 2.45) is 11.8 Å². The van der Waals surface area contributed by atoms with E-state index in [0.717, 1.165) is 19.3 Å². The van der Waals surface area contributed by atoms with Crippen molar-refractivity contribution in [2.45, 2.75) is 90.9 Å². The van der Waals surface area contributed by atoms with Crippen molar-refractivity contribution in [1.29, 1.82) is 0 Å². The highest BCUT2D eigenvalue weighted by Gasteiger charge is 2.37. The molecule has 0 aromatic carbocycles. The van der Waals surface area contributed by atoms with Gasteiger partial charge in [-0.1, -0.05) is 77.4 Å². The highest BCUT2D eigenvalue weighted by molar-refractivity contribution is 5.94. The summed E-state index contributed by atoms with van der Waals surface area (Å²) in [5, 5.41) is 0. The predicted molar refractivity (Wildman–Crippen MR) is 94.0 cm³/mol. The van der Waals surface area contributed by atoms with Crippen molar-refractivity contribution < 1.29 is 14.3 Å². The number of ether oxygens (including phenoxy) is 1. The van der Waals surface area contributed by atoms with E-state index in [9.17, 15) is 9.59 Å². The topological polar surface area (TPSA) is 43.4 Å². The fourth-order valence-corrected chi connectivity index (χ4v) is 3.25. The third-order valence-electron chi connectivity index (χ3n) is 4.65. The predicted octanol–water partition coefficient (Wildman–Crippen LogP) is 5.58. The van der Waals surface area contributed by atoms with E-state index in [1.165, 1.54) is 51.4 Å². The number of allylic oxidation sites excluding steroid dienone is 2. The quantitative estimate of drug-likeness (QED) is 0.192. The molecule has 1 aliphatic heterocycles. The fraction of sp³-hybridized carbons (Fsp3) is 0.800. The Morgan fingerprint density at radius 1 is 1.00 bits per heavy atom. The van der Waals surface area contributed by atoms with Crippen LogP contribution in [0.2, 0.25) is 0 Å². The largest absolute Gasteiger partial charge is 0.393 e. The van der Waals surface area contributed by atoms with Crippen LogP contribution in [0.25, 0.3) is 0 Å². The molecule has 0 N–H and O–H groups in total. The van der Waals surface area contributed by atoms with Crippen LogP contribution in [0, 0.1) is 11.8 Å². The third-order valence-corrected chi connectivity index (χ3v) is 4.65. The van der Waals surface area contributed by atoms with Gasteiger partial charge in [-0.2, -0.15) is 0 Å². The van der Waals surface area contributed by atoms with Crippen molar-refractivity contribution in [1.82, 2.24) is 0 Å². The summed E-state index contributed by atoms with van der Waals surface area (Å²) in [5.74, 6) is -0.784. The first kappa shape index (κ1) is 19.9. The van der Waals surface area contributed by atoms with E-state index in [4.69, 9.17) is 0 Å². The van der Waals surface area contributed by atoms with Crippen LogP contribution >= 0.6 is 0 Å². The maximum absolute atomic E-state index is 11.7. The highest BCUT2D eigenvalue weighted by atomic mass is 16.6. The second-order valence-electron chi connectivity index (χ2n) is 6.75. The van der Waals surface area contributed by atoms with E-state index in [1.54, 1.807) is 0 Å². The van der Waals surface area contributed by atoms with Gasteiger partial charge in [0.2, 0.25) is 0 Å². The van der Waals surface area contributed by atoms with Crippen LogP contribution in [-0.4, -0.2) is 11.9 Å². The van der Waals surface area contributed by atoms with Crippen molar-refractivity contribution in [3.8, 4) is 0 Å². The van der Waals surface area contributed by atoms with Crippen molar-refractivity contribution in [3.05, 3.63) is 12.2 Å². The molecule has 132 valence electrons. The summed E-state index contributed by atoms with van der Waals surface area (Å²) < 4.78 is 4.69. The van der Waals surface area contributed by atoms with Crippen molar-refractivity contribution in [2.75, 3.05) is 0 Å². The Bertz CT molecular complexity index is 373. The molecular weight excluding hydrogens is 288 g/mol. The molecule has 0 aliphatic carbocycles. The Labute approximate surface area is 141 Å². The summed E-state index contributed by atoms with van der Waals surface area (Å²) in [4.78, 5) is 23.0. The summed E-state index contributed by atoms with van der Waals surface area (Å²) in [6.07, 6.45) is 18.3. The zero-order valence-corrected chi connectivity index (χ0v) is 15.0. The standard InChI is InChI=1S/C20H34O3/c1-3-5-6-7-8-9-10-11-12-13-15-17(14-4-2)18-16-19(21)23-20(18)22/h13,15,17-18H,3-12,14,16H2,1-2H3/b15-13+. The summed E-state index contributed by atoms with van der Waals surface area (Å²) in [5.41, 5.74) is 0. The molecule has 3 nitrogen and oxygen atoms in total. The molecule has 0 spiro atoms. The summed E-state index contributed by atoms with van der Waals surface area (Å²) in [7, 11) is 0. The Hall–Kier alpha value is -1.12. The number of carbonyl (C=O) groups is 2. The van der Waals surface area contributed by atoms with Gasteiger partial charge in [0.05, 0.1) is 12.3 Å². The Kier molecular flexibility index (Phi) is 10.7. The minimum atomic E-state index is -0.363. The monoisotopic (exact) mass is 322 g/mol. The normalized spacial score (nSPS) is 19.5. The van der Waals surface area contributed by atoms with Crippen LogP contribution in [-0.2, 0) is 14.3 Å². The van der Waals surface area contributed by atoms with Gasteiger partial charge >= 0.3 is 11.9 Å². The van der Waals surface area contributed by atoms with Gasteiger partial charge in [0.15, 0.2) is 0 Å². The van der Waals surface area contributed by atoms with Crippen LogP contribution in [0.4, 0.5) is 0 Å². The first-order chi connectivity index (χ1) is 11.2. The van der Waals surface area contributed by atoms with Crippen molar-refractivity contribution >= 4 is 11.9 Å². The van der Waals surface area contributed by atoms with Crippen LogP contribution < -0.4 is 0 Å². The molecule has 1 heterocycles. The zero-order valence-electron chi connectivity index (χ0n) is 15.0. The van der Waals surface area contributed by atoms with Gasteiger partial charge in [-0.05, 0) is 25.2 Å². The molecule has 23 heavy (non-hydrogen) atoms. The highest BCUT2D eigenvalue weighted by Crippen LogP contribution is 2.29. The Morgan fingerprint density at radius 3 is 2.22 bits per heavy atom. The molecule has 1 fully saturated rings. The van der Waals surface area contributed by atoms with E-state index in [2.05, 4.69) is 30.7 Å². The Balaban J connectivity index is 2.17. The first-order valence-corrected chi connectivity index (χ1v) is 9.60. The number of esters is 2. The number of carbonyl (C=O) groups excluding carboxylic acids is 2. The van der Waals surface area contributed by atoms with Crippen LogP contribution in [0.5, 0.6) is 0 Å². The molecule has 0 bridgehead atoms. The molecule has 0 saturated carbocycles. The molecule has 1 aliphatic rings. The van der Waals surface area contributed by atoms with Gasteiger partial charge in [0.1, 0.15) is 0 Å². The second-order valence-corrected chi connectivity index (χ2v) is 6.75. The minimum absolute atomic E-state index is 0.160. The van der Waals surface area contributed by atoms with Gasteiger partial charge in [-0.15, -0.1) is 0 Å². The summed E-state index contributed by atoms with van der Waals surface area (Å²) >= 11 is 0. The SMILES string of the molecule is CCCCCCCCCC/C=C/C(CCC)C1CC(=O)OC1=O. The molecule has 0 amide bonds. The summed E-state index contributed by atoms with van der Waals surface area (Å²) in [6.45, 7) is 4.36. The molecule has 0 radical (unpaired) electrons. The number of hydrogen-bond acceptors (Lipinski definition) is 3. The number of cyclic esters (lactones) is 2. The maximum Gasteiger partial charge on any atom is 0.317 e. The molecule has 3 heteroatoms. The number of unbranched alkanes of at least 4 members (excludes halogenated alkanes) is 8. The number of rotatable bonds is 13. The van der Waals surface area contributed by atoms with E-state index in [0.29, 0.717) is 0 Å². The second kappa shape index (κ2) is 12.3. The van der Waals surface area contributed by atoms with E-state index >= 15 is 0 Å². The number of hydrogen-bond donors (Lipinski definition) is 0. The van der Waals surface area contributed by atoms with Gasteiger partial charge in [-0.25, -0.2) is 0 Å². The molecule has 1 rings (SSSR count). The molecular formula is C20H34O3. The molecule has 1 saturated heterocycles. The lowest BCUT2D eigenvalue weighted by atomic mass is 9.87. The zero-order chi connectivity index (χ0) is 16.9. The van der Waals surface area contributed by atoms with E-state index in [1.807, 2.05) is 0 Å². The minimum Gasteiger partial charge on any atom is -0.393 e. The lowest BCUT2D eigenvalue weighted by Crippen LogP contribution is -2.17. The summed E-state index contributed by atoms with van der Waals surface area (Å²) in [6, 6.07) is 0. The molecule has 0 aromatic rings. The average molecular weight is 322 g/mol. The average Bonchev–Trinajstić information content (AvgIpc) is 2.86. The van der Waals surface area contributed by atoms with E-state index in [-0.39, 0.29) is 30.2 Å². The fourth-order valence-electron chi connectivity index (χ4n) is 3.25. The van der Waals surface area contributed by atoms with Crippen molar-refractivity contribution in [3.63, 3.8) is 0 Å². The van der Waals surface area contributed by atoms with Gasteiger partial charge in [0, 0.05) is 0 Å². The Morgan fingerprint density at radius 2 is 1.65 bits per heavy atom. The van der Waals surface area contributed by atoms with Crippen LogP contribution in [0.15, 0.2) is 12.2 Å². The van der Waals surface area contributed by atoms with Crippen LogP contribution in [0.1, 0.15) is 90.9 Å². The van der Waals surface area contributed by atoms with E-state index < -0.39 is 0 Å².